The molecule has 0 saturated carbocycles. The molecule has 2 N–H and O–H groups in total. The number of amides is 2. The SMILES string of the molecule is CCOC(=O)C(=O)C(Cc1ccccc1)NC(=O)[C@@H](NC(=O)OCc1ccccc1)C(C)C. The van der Waals surface area contributed by atoms with Crippen LogP contribution in [0.4, 0.5) is 4.79 Å². The highest BCUT2D eigenvalue weighted by atomic mass is 16.5. The number of carbonyl (C=O) groups is 4. The van der Waals surface area contributed by atoms with Crippen LogP contribution >= 0.6 is 0 Å². The molecule has 0 saturated heterocycles. The Balaban J connectivity index is 2.07. The van der Waals surface area contributed by atoms with E-state index >= 15 is 0 Å². The summed E-state index contributed by atoms with van der Waals surface area (Å²) in [7, 11) is 0. The molecule has 0 bridgehead atoms. The number of nitrogens with one attached hydrogen (secondary N) is 2. The van der Waals surface area contributed by atoms with Crippen LogP contribution in [0, 0.1) is 5.92 Å². The maximum absolute atomic E-state index is 13.0. The van der Waals surface area contributed by atoms with E-state index in [0.29, 0.717) is 0 Å². The maximum Gasteiger partial charge on any atom is 0.408 e. The smallest absolute Gasteiger partial charge is 0.408 e. The molecule has 0 aromatic heterocycles. The Hall–Kier alpha value is -3.68. The third-order valence-electron chi connectivity index (χ3n) is 4.83. The van der Waals surface area contributed by atoms with E-state index in [2.05, 4.69) is 10.6 Å². The second-order valence-electron chi connectivity index (χ2n) is 7.76. The zero-order valence-corrected chi connectivity index (χ0v) is 19.1. The molecule has 2 rings (SSSR count). The summed E-state index contributed by atoms with van der Waals surface area (Å²) in [6.45, 7) is 5.19. The fourth-order valence-corrected chi connectivity index (χ4v) is 3.09. The minimum atomic E-state index is -1.14. The van der Waals surface area contributed by atoms with Gasteiger partial charge in [0.25, 0.3) is 5.78 Å². The molecule has 2 amide bonds. The molecule has 8 nitrogen and oxygen atoms in total. The van der Waals surface area contributed by atoms with E-state index < -0.39 is 35.8 Å². The number of Topliss-reactive ketones (excluding diaryl/α,β-unsaturated/α-hetero) is 1. The van der Waals surface area contributed by atoms with Gasteiger partial charge in [0.15, 0.2) is 0 Å². The molecular weight excluding hydrogens is 424 g/mol. The van der Waals surface area contributed by atoms with Crippen LogP contribution in [0.5, 0.6) is 0 Å². The predicted molar refractivity (Wildman–Crippen MR) is 122 cm³/mol. The lowest BCUT2D eigenvalue weighted by atomic mass is 9.99. The first-order valence-electron chi connectivity index (χ1n) is 10.8. The van der Waals surface area contributed by atoms with Crippen molar-refractivity contribution in [2.24, 2.45) is 5.92 Å². The van der Waals surface area contributed by atoms with E-state index in [0.717, 1.165) is 11.1 Å². The van der Waals surface area contributed by atoms with Crippen LogP contribution in [0.2, 0.25) is 0 Å². The van der Waals surface area contributed by atoms with Crippen molar-refractivity contribution in [3.05, 3.63) is 71.8 Å². The topological polar surface area (TPSA) is 111 Å². The number of ketones is 1. The molecule has 0 aliphatic carbocycles. The van der Waals surface area contributed by atoms with Crippen LogP contribution < -0.4 is 10.6 Å². The molecule has 0 fully saturated rings. The van der Waals surface area contributed by atoms with E-state index in [4.69, 9.17) is 9.47 Å². The van der Waals surface area contributed by atoms with E-state index in [1.807, 2.05) is 36.4 Å². The van der Waals surface area contributed by atoms with Gasteiger partial charge in [-0.25, -0.2) is 9.59 Å². The van der Waals surface area contributed by atoms with Crippen molar-refractivity contribution in [2.75, 3.05) is 6.61 Å². The van der Waals surface area contributed by atoms with Gasteiger partial charge in [0.2, 0.25) is 5.91 Å². The molecule has 0 radical (unpaired) electrons. The molecule has 0 aliphatic rings. The predicted octanol–water partition coefficient (Wildman–Crippen LogP) is 2.80. The number of alkyl carbamates (subject to hydrolysis) is 1. The summed E-state index contributed by atoms with van der Waals surface area (Å²) in [4.78, 5) is 50.0. The van der Waals surface area contributed by atoms with Gasteiger partial charge >= 0.3 is 12.1 Å². The molecule has 8 heteroatoms. The van der Waals surface area contributed by atoms with Crippen LogP contribution in [-0.2, 0) is 36.9 Å². The van der Waals surface area contributed by atoms with Gasteiger partial charge in [0.05, 0.1) is 6.61 Å². The van der Waals surface area contributed by atoms with Crippen LogP contribution in [0.25, 0.3) is 0 Å². The van der Waals surface area contributed by atoms with Gasteiger partial charge in [-0.2, -0.15) is 0 Å². The first-order valence-corrected chi connectivity index (χ1v) is 10.8. The Bertz CT molecular complexity index is 930. The molecular formula is C25H30N2O6. The first-order chi connectivity index (χ1) is 15.8. The van der Waals surface area contributed by atoms with Crippen LogP contribution in [0.3, 0.4) is 0 Å². The third-order valence-corrected chi connectivity index (χ3v) is 4.83. The largest absolute Gasteiger partial charge is 0.460 e. The van der Waals surface area contributed by atoms with Crippen molar-refractivity contribution in [3.63, 3.8) is 0 Å². The standard InChI is InChI=1S/C25H30N2O6/c1-4-32-24(30)22(28)20(15-18-11-7-5-8-12-18)26-23(29)21(17(2)3)27-25(31)33-16-19-13-9-6-10-14-19/h5-14,17,20-21H,4,15-16H2,1-3H3,(H,26,29)(H,27,31)/t20?,21-/m0/s1. The number of hydrogen-bond donors (Lipinski definition) is 2. The average Bonchev–Trinajstić information content (AvgIpc) is 2.81. The molecule has 2 aromatic carbocycles. The molecule has 176 valence electrons. The maximum atomic E-state index is 13.0. The van der Waals surface area contributed by atoms with Crippen molar-refractivity contribution < 1.29 is 28.7 Å². The third kappa shape index (κ3) is 8.40. The average molecular weight is 455 g/mol. The second kappa shape index (κ2) is 13.0. The van der Waals surface area contributed by atoms with Gasteiger partial charge in [-0.15, -0.1) is 0 Å². The van der Waals surface area contributed by atoms with E-state index in [1.54, 1.807) is 45.0 Å². The molecule has 0 spiro atoms. The molecule has 33 heavy (non-hydrogen) atoms. The molecule has 0 heterocycles. The fourth-order valence-electron chi connectivity index (χ4n) is 3.09. The summed E-state index contributed by atoms with van der Waals surface area (Å²) in [5.74, 6) is -2.78. The summed E-state index contributed by atoms with van der Waals surface area (Å²) in [6, 6.07) is 16.0. The summed E-state index contributed by atoms with van der Waals surface area (Å²) in [5.41, 5.74) is 1.57. The lowest BCUT2D eigenvalue weighted by Crippen LogP contribution is -2.55. The molecule has 0 aliphatic heterocycles. The Kier molecular flexibility index (Phi) is 10.1. The second-order valence-corrected chi connectivity index (χ2v) is 7.76. The zero-order valence-electron chi connectivity index (χ0n) is 19.1. The van der Waals surface area contributed by atoms with Crippen molar-refractivity contribution in [1.29, 1.82) is 0 Å². The van der Waals surface area contributed by atoms with E-state index in [9.17, 15) is 19.2 Å². The van der Waals surface area contributed by atoms with Crippen LogP contribution in [0.1, 0.15) is 31.9 Å². The number of benzene rings is 2. The highest BCUT2D eigenvalue weighted by Crippen LogP contribution is 2.09. The number of hydrogen-bond acceptors (Lipinski definition) is 6. The van der Waals surface area contributed by atoms with E-state index in [1.165, 1.54) is 0 Å². The normalized spacial score (nSPS) is 12.4. The number of ether oxygens (including phenoxy) is 2. The highest BCUT2D eigenvalue weighted by molar-refractivity contribution is 6.36. The quantitative estimate of drug-likeness (QED) is 0.399. The Morgan fingerprint density at radius 3 is 1.94 bits per heavy atom. The monoisotopic (exact) mass is 454 g/mol. The Morgan fingerprint density at radius 1 is 0.818 bits per heavy atom. The van der Waals surface area contributed by atoms with Gasteiger partial charge < -0.3 is 20.1 Å². The lowest BCUT2D eigenvalue weighted by Gasteiger charge is -2.24. The van der Waals surface area contributed by atoms with E-state index in [-0.39, 0.29) is 25.6 Å². The van der Waals surface area contributed by atoms with Gasteiger partial charge in [0.1, 0.15) is 18.7 Å². The molecule has 2 aromatic rings. The number of carbonyl (C=O) groups excluding carboxylic acids is 4. The van der Waals surface area contributed by atoms with Crippen molar-refractivity contribution in [2.45, 2.75) is 45.9 Å². The Morgan fingerprint density at radius 2 is 1.39 bits per heavy atom. The zero-order chi connectivity index (χ0) is 24.2. The van der Waals surface area contributed by atoms with Crippen molar-refractivity contribution in [3.8, 4) is 0 Å². The van der Waals surface area contributed by atoms with Gasteiger partial charge in [-0.1, -0.05) is 74.5 Å². The summed E-state index contributed by atoms with van der Waals surface area (Å²) in [5, 5.41) is 5.15. The summed E-state index contributed by atoms with van der Waals surface area (Å²) >= 11 is 0. The van der Waals surface area contributed by atoms with Gasteiger partial charge in [0, 0.05) is 6.42 Å². The van der Waals surface area contributed by atoms with Crippen molar-refractivity contribution >= 4 is 23.8 Å². The number of esters is 1. The van der Waals surface area contributed by atoms with Crippen LogP contribution in [-0.4, -0.2) is 42.4 Å². The lowest BCUT2D eigenvalue weighted by molar-refractivity contribution is -0.154. The molecule has 1 unspecified atom stereocenters. The van der Waals surface area contributed by atoms with Gasteiger partial charge in [-0.3, -0.25) is 9.59 Å². The number of rotatable bonds is 11. The highest BCUT2D eigenvalue weighted by Gasteiger charge is 2.32. The first kappa shape index (κ1) is 25.6. The fraction of sp³-hybridized carbons (Fsp3) is 0.360. The Labute approximate surface area is 193 Å². The van der Waals surface area contributed by atoms with Crippen LogP contribution in [0.15, 0.2) is 60.7 Å². The molecule has 2 atom stereocenters. The summed E-state index contributed by atoms with van der Waals surface area (Å²) < 4.78 is 10.0. The minimum Gasteiger partial charge on any atom is -0.460 e. The minimum absolute atomic E-state index is 0.0417. The van der Waals surface area contributed by atoms with Crippen molar-refractivity contribution in [1.82, 2.24) is 10.6 Å². The van der Waals surface area contributed by atoms with Gasteiger partial charge in [-0.05, 0) is 24.0 Å². The summed E-state index contributed by atoms with van der Waals surface area (Å²) in [6.07, 6.45) is -0.655.